The summed E-state index contributed by atoms with van der Waals surface area (Å²) >= 11 is 0. The van der Waals surface area contributed by atoms with E-state index in [0.29, 0.717) is 29.2 Å². The highest BCUT2D eigenvalue weighted by atomic mass is 32.2. The van der Waals surface area contributed by atoms with Gasteiger partial charge in [0.1, 0.15) is 0 Å². The Labute approximate surface area is 290 Å². The summed E-state index contributed by atoms with van der Waals surface area (Å²) in [6.07, 6.45) is 17.9. The number of methoxy groups -OCH3 is 1. The number of nitrogens with one attached hydrogen (secondary N) is 1. The molecule has 0 aliphatic rings. The van der Waals surface area contributed by atoms with E-state index in [0.717, 1.165) is 31.0 Å². The van der Waals surface area contributed by atoms with Crippen molar-refractivity contribution in [2.24, 2.45) is 5.10 Å². The summed E-state index contributed by atoms with van der Waals surface area (Å²) in [5.74, 6) is -1.92. The normalized spacial score (nSPS) is 11.7. The van der Waals surface area contributed by atoms with Crippen molar-refractivity contribution < 1.29 is 37.7 Å². The average Bonchev–Trinajstić information content (AvgIpc) is 3.10. The number of carboxylic acid groups (broad SMARTS) is 2. The van der Waals surface area contributed by atoms with Crippen molar-refractivity contribution in [2.45, 2.75) is 102 Å². The molecule has 0 aromatic heterocycles. The van der Waals surface area contributed by atoms with Crippen molar-refractivity contribution in [3.63, 3.8) is 0 Å². The standard InChI is InChI=1S/C38H50N2O8S/c1-3-4-5-6-7-8-9-10-11-12-13-14-15-19-24-48-34-23-22-30(28-35(34)47-2)36(29-20-17-16-18-21-29)39-40-49(45,46)33-26-31(37(41)42)25-32(27-33)38(43)44/h16-18,20-23,25-28,40H,3-15,19,24H2,1-2H3,(H,41,42)(H,43,44)/b39-36+. The Kier molecular flexibility index (Phi) is 16.6. The number of carbonyl (C=O) groups is 2. The molecule has 3 rings (SSSR count). The molecule has 0 fully saturated rings. The Hall–Kier alpha value is -4.38. The molecule has 0 unspecified atom stereocenters. The maximum Gasteiger partial charge on any atom is 0.335 e. The van der Waals surface area contributed by atoms with Gasteiger partial charge in [0.25, 0.3) is 10.0 Å². The fourth-order valence-electron chi connectivity index (χ4n) is 5.46. The average molecular weight is 695 g/mol. The second-order valence-electron chi connectivity index (χ2n) is 12.1. The second kappa shape index (κ2) is 20.9. The van der Waals surface area contributed by atoms with Gasteiger partial charge in [0.15, 0.2) is 11.5 Å². The van der Waals surface area contributed by atoms with E-state index in [-0.39, 0.29) is 5.71 Å². The fraction of sp³-hybridized carbons (Fsp3) is 0.447. The van der Waals surface area contributed by atoms with Crippen LogP contribution in [-0.2, 0) is 10.0 Å². The Morgan fingerprint density at radius 3 is 1.69 bits per heavy atom. The van der Waals surface area contributed by atoms with Gasteiger partial charge in [0, 0.05) is 11.1 Å². The molecule has 0 saturated carbocycles. The molecule has 0 radical (unpaired) electrons. The van der Waals surface area contributed by atoms with E-state index >= 15 is 0 Å². The lowest BCUT2D eigenvalue weighted by Crippen LogP contribution is -2.22. The van der Waals surface area contributed by atoms with Crippen LogP contribution in [0.2, 0.25) is 0 Å². The monoisotopic (exact) mass is 694 g/mol. The summed E-state index contributed by atoms with van der Waals surface area (Å²) in [5, 5.41) is 22.9. The molecule has 49 heavy (non-hydrogen) atoms. The predicted octanol–water partition coefficient (Wildman–Crippen LogP) is 8.68. The molecule has 0 aliphatic carbocycles. The van der Waals surface area contributed by atoms with E-state index in [1.54, 1.807) is 42.5 Å². The molecule has 0 atom stereocenters. The molecule has 3 aromatic rings. The molecule has 0 aliphatic heterocycles. The van der Waals surface area contributed by atoms with Crippen molar-refractivity contribution in [1.29, 1.82) is 0 Å². The number of nitrogens with zero attached hydrogens (tertiary/aromatic N) is 1. The van der Waals surface area contributed by atoms with E-state index in [1.165, 1.54) is 84.2 Å². The molecule has 10 nitrogen and oxygen atoms in total. The van der Waals surface area contributed by atoms with Gasteiger partial charge in [-0.25, -0.2) is 9.59 Å². The highest BCUT2D eigenvalue weighted by Crippen LogP contribution is 2.30. The summed E-state index contributed by atoms with van der Waals surface area (Å²) in [6.45, 7) is 2.80. The number of rotatable bonds is 24. The summed E-state index contributed by atoms with van der Waals surface area (Å²) < 4.78 is 38.0. The van der Waals surface area contributed by atoms with Crippen LogP contribution in [0.5, 0.6) is 11.5 Å². The SMILES string of the molecule is CCCCCCCCCCCCCCCCOc1ccc(/C(=N/NS(=O)(=O)c2cc(C(=O)O)cc(C(=O)O)c2)c2ccccc2)cc1OC. The number of unbranched alkanes of at least 4 members (excludes halogenated alkanes) is 13. The molecule has 0 saturated heterocycles. The highest BCUT2D eigenvalue weighted by molar-refractivity contribution is 7.89. The van der Waals surface area contributed by atoms with E-state index in [1.807, 2.05) is 6.07 Å². The molecule has 3 aromatic carbocycles. The smallest absolute Gasteiger partial charge is 0.335 e. The van der Waals surface area contributed by atoms with Gasteiger partial charge in [0.05, 0.1) is 35.5 Å². The largest absolute Gasteiger partial charge is 0.493 e. The molecule has 0 amide bonds. The number of aromatic carboxylic acids is 2. The zero-order valence-corrected chi connectivity index (χ0v) is 29.5. The molecule has 0 heterocycles. The van der Waals surface area contributed by atoms with Gasteiger partial charge in [-0.1, -0.05) is 121 Å². The fourth-order valence-corrected chi connectivity index (χ4v) is 6.35. The number of hydrogen-bond donors (Lipinski definition) is 3. The van der Waals surface area contributed by atoms with Crippen molar-refractivity contribution in [3.05, 3.63) is 89.0 Å². The first-order chi connectivity index (χ1) is 23.7. The van der Waals surface area contributed by atoms with Crippen LogP contribution in [0.4, 0.5) is 0 Å². The minimum absolute atomic E-state index is 0.258. The molecule has 0 bridgehead atoms. The Balaban J connectivity index is 1.59. The lowest BCUT2D eigenvalue weighted by molar-refractivity contribution is 0.0696. The Bertz CT molecular complexity index is 1590. The van der Waals surface area contributed by atoms with Gasteiger partial charge in [-0.15, -0.1) is 0 Å². The van der Waals surface area contributed by atoms with E-state index in [2.05, 4.69) is 16.9 Å². The first kappa shape index (κ1) is 39.1. The number of benzene rings is 3. The van der Waals surface area contributed by atoms with E-state index in [9.17, 15) is 28.2 Å². The van der Waals surface area contributed by atoms with Gasteiger partial charge in [-0.05, 0) is 42.8 Å². The Morgan fingerprint density at radius 2 is 1.18 bits per heavy atom. The zero-order chi connectivity index (χ0) is 35.5. The maximum atomic E-state index is 13.2. The molecule has 0 spiro atoms. The summed E-state index contributed by atoms with van der Waals surface area (Å²) in [4.78, 5) is 24.6. The molecular formula is C38H50N2O8S. The van der Waals surface area contributed by atoms with Crippen molar-refractivity contribution in [3.8, 4) is 11.5 Å². The van der Waals surface area contributed by atoms with Crippen LogP contribution in [0.15, 0.2) is 76.7 Å². The van der Waals surface area contributed by atoms with Crippen LogP contribution in [0.25, 0.3) is 0 Å². The number of carboxylic acids is 2. The molecule has 3 N–H and O–H groups in total. The van der Waals surface area contributed by atoms with Crippen molar-refractivity contribution in [2.75, 3.05) is 13.7 Å². The first-order valence-electron chi connectivity index (χ1n) is 17.2. The summed E-state index contributed by atoms with van der Waals surface area (Å²) in [6, 6.07) is 16.7. The molecule has 266 valence electrons. The predicted molar refractivity (Wildman–Crippen MR) is 192 cm³/mol. The van der Waals surface area contributed by atoms with Crippen LogP contribution in [-0.4, -0.2) is 50.0 Å². The Morgan fingerprint density at radius 1 is 0.653 bits per heavy atom. The van der Waals surface area contributed by atoms with E-state index in [4.69, 9.17) is 9.47 Å². The zero-order valence-electron chi connectivity index (χ0n) is 28.7. The lowest BCUT2D eigenvalue weighted by Gasteiger charge is -2.14. The third-order valence-electron chi connectivity index (χ3n) is 8.23. The van der Waals surface area contributed by atoms with Crippen LogP contribution in [0.3, 0.4) is 0 Å². The quantitative estimate of drug-likeness (QED) is 0.0479. The van der Waals surface area contributed by atoms with E-state index < -0.39 is 38.0 Å². The first-order valence-corrected chi connectivity index (χ1v) is 18.7. The minimum atomic E-state index is -4.46. The van der Waals surface area contributed by atoms with Gasteiger partial charge in [0.2, 0.25) is 0 Å². The summed E-state index contributed by atoms with van der Waals surface area (Å²) in [5.41, 5.74) is 0.409. The van der Waals surface area contributed by atoms with Gasteiger partial charge in [-0.3, -0.25) is 0 Å². The minimum Gasteiger partial charge on any atom is -0.493 e. The van der Waals surface area contributed by atoms with Crippen molar-refractivity contribution in [1.82, 2.24) is 4.83 Å². The van der Waals surface area contributed by atoms with Crippen LogP contribution in [0.1, 0.15) is 129 Å². The number of ether oxygens (including phenoxy) is 2. The molecular weight excluding hydrogens is 644 g/mol. The lowest BCUT2D eigenvalue weighted by atomic mass is 10.0. The van der Waals surface area contributed by atoms with Gasteiger partial charge in [-0.2, -0.15) is 18.4 Å². The highest BCUT2D eigenvalue weighted by Gasteiger charge is 2.21. The van der Waals surface area contributed by atoms with Crippen LogP contribution < -0.4 is 14.3 Å². The third kappa shape index (κ3) is 13.2. The van der Waals surface area contributed by atoms with Gasteiger partial charge < -0.3 is 19.7 Å². The second-order valence-corrected chi connectivity index (χ2v) is 13.7. The number of hydrogen-bond acceptors (Lipinski definition) is 7. The number of hydrazone groups is 1. The molecule has 11 heteroatoms. The van der Waals surface area contributed by atoms with Crippen LogP contribution >= 0.6 is 0 Å². The topological polar surface area (TPSA) is 152 Å². The van der Waals surface area contributed by atoms with Crippen molar-refractivity contribution >= 4 is 27.7 Å². The maximum absolute atomic E-state index is 13.2. The van der Waals surface area contributed by atoms with Crippen LogP contribution in [0, 0.1) is 0 Å². The number of sulfonamides is 1. The third-order valence-corrected chi connectivity index (χ3v) is 9.42. The summed E-state index contributed by atoms with van der Waals surface area (Å²) in [7, 11) is -2.94. The van der Waals surface area contributed by atoms with Gasteiger partial charge >= 0.3 is 11.9 Å².